The Kier molecular flexibility index (Phi) is 5.92. The molecular formula is C14H25N3O. The van der Waals surface area contributed by atoms with Crippen LogP contribution in [0.4, 0.5) is 0 Å². The first-order chi connectivity index (χ1) is 8.60. The number of carbonyl (C=O) groups excluding carboxylic acids is 1. The third-order valence-electron chi connectivity index (χ3n) is 3.32. The van der Waals surface area contributed by atoms with Gasteiger partial charge in [-0.1, -0.05) is 20.8 Å². The number of nitrogens with one attached hydrogen (secondary N) is 1. The lowest BCUT2D eigenvalue weighted by Gasteiger charge is -2.14. The highest BCUT2D eigenvalue weighted by Crippen LogP contribution is 2.13. The molecule has 1 rings (SSSR count). The SMILES string of the molecule is CCC(CC)NC(=O)Cn1ccc(C(N)CC)c1. The van der Waals surface area contributed by atoms with Gasteiger partial charge < -0.3 is 15.6 Å². The third kappa shape index (κ3) is 4.18. The maximum atomic E-state index is 11.8. The van der Waals surface area contributed by atoms with Crippen LogP contribution < -0.4 is 11.1 Å². The highest BCUT2D eigenvalue weighted by molar-refractivity contribution is 5.76. The average Bonchev–Trinajstić information content (AvgIpc) is 2.83. The van der Waals surface area contributed by atoms with Crippen molar-refractivity contribution in [2.45, 2.75) is 58.7 Å². The summed E-state index contributed by atoms with van der Waals surface area (Å²) in [6.07, 6.45) is 6.72. The molecule has 1 aromatic rings. The fourth-order valence-electron chi connectivity index (χ4n) is 1.94. The second-order valence-corrected chi connectivity index (χ2v) is 4.71. The molecule has 0 aliphatic heterocycles. The molecule has 0 radical (unpaired) electrons. The molecule has 1 atom stereocenters. The minimum atomic E-state index is 0.0633. The van der Waals surface area contributed by atoms with E-state index >= 15 is 0 Å². The van der Waals surface area contributed by atoms with Gasteiger partial charge in [0.25, 0.3) is 0 Å². The summed E-state index contributed by atoms with van der Waals surface area (Å²) >= 11 is 0. The standard InChI is InChI=1S/C14H25N3O/c1-4-12(5-2)16-14(18)10-17-8-7-11(9-17)13(15)6-3/h7-9,12-13H,4-6,10,15H2,1-3H3,(H,16,18). The van der Waals surface area contributed by atoms with E-state index in [0.717, 1.165) is 24.8 Å². The lowest BCUT2D eigenvalue weighted by Crippen LogP contribution is -2.36. The van der Waals surface area contributed by atoms with Crippen LogP contribution in [0.1, 0.15) is 51.6 Å². The van der Waals surface area contributed by atoms with Crippen molar-refractivity contribution in [2.75, 3.05) is 0 Å². The molecule has 18 heavy (non-hydrogen) atoms. The largest absolute Gasteiger partial charge is 0.352 e. The lowest BCUT2D eigenvalue weighted by molar-refractivity contribution is -0.122. The van der Waals surface area contributed by atoms with E-state index in [1.54, 1.807) is 0 Å². The summed E-state index contributed by atoms with van der Waals surface area (Å²) in [5.74, 6) is 0.0657. The topological polar surface area (TPSA) is 60.0 Å². The Balaban J connectivity index is 2.52. The van der Waals surface area contributed by atoms with Crippen LogP contribution in [0, 0.1) is 0 Å². The van der Waals surface area contributed by atoms with Gasteiger partial charge >= 0.3 is 0 Å². The predicted molar refractivity (Wildman–Crippen MR) is 74.2 cm³/mol. The Morgan fingerprint density at radius 3 is 2.56 bits per heavy atom. The molecule has 4 heteroatoms. The number of amides is 1. The first-order valence-electron chi connectivity index (χ1n) is 6.81. The van der Waals surface area contributed by atoms with Crippen LogP contribution in [0.3, 0.4) is 0 Å². The lowest BCUT2D eigenvalue weighted by atomic mass is 10.1. The molecule has 1 heterocycles. The molecule has 0 saturated carbocycles. The molecular weight excluding hydrogens is 226 g/mol. The Bertz CT molecular complexity index is 369. The van der Waals surface area contributed by atoms with Gasteiger partial charge in [-0.2, -0.15) is 0 Å². The quantitative estimate of drug-likeness (QED) is 0.780. The van der Waals surface area contributed by atoms with E-state index in [9.17, 15) is 4.79 Å². The number of aromatic nitrogens is 1. The van der Waals surface area contributed by atoms with Gasteiger partial charge in [0.1, 0.15) is 6.54 Å². The summed E-state index contributed by atoms with van der Waals surface area (Å²) in [6.45, 7) is 6.60. The smallest absolute Gasteiger partial charge is 0.240 e. The first-order valence-corrected chi connectivity index (χ1v) is 6.81. The van der Waals surface area contributed by atoms with Crippen molar-refractivity contribution in [1.82, 2.24) is 9.88 Å². The van der Waals surface area contributed by atoms with E-state index in [1.165, 1.54) is 0 Å². The number of rotatable bonds is 7. The molecule has 1 amide bonds. The molecule has 1 aromatic heterocycles. The minimum Gasteiger partial charge on any atom is -0.352 e. The summed E-state index contributed by atoms with van der Waals surface area (Å²) in [4.78, 5) is 11.8. The van der Waals surface area contributed by atoms with Gasteiger partial charge in [-0.05, 0) is 30.9 Å². The van der Waals surface area contributed by atoms with Crippen LogP contribution >= 0.6 is 0 Å². The van der Waals surface area contributed by atoms with Crippen LogP contribution in [0.5, 0.6) is 0 Å². The number of hydrogen-bond donors (Lipinski definition) is 2. The average molecular weight is 251 g/mol. The normalized spacial score (nSPS) is 12.7. The summed E-state index contributed by atoms with van der Waals surface area (Å²) in [7, 11) is 0. The third-order valence-corrected chi connectivity index (χ3v) is 3.32. The Morgan fingerprint density at radius 2 is 2.00 bits per heavy atom. The second kappa shape index (κ2) is 7.21. The molecule has 0 saturated heterocycles. The van der Waals surface area contributed by atoms with Gasteiger partial charge in [0.15, 0.2) is 0 Å². The van der Waals surface area contributed by atoms with Crippen LogP contribution in [-0.4, -0.2) is 16.5 Å². The van der Waals surface area contributed by atoms with Crippen LogP contribution in [-0.2, 0) is 11.3 Å². The van der Waals surface area contributed by atoms with Gasteiger partial charge in [-0.3, -0.25) is 4.79 Å². The number of hydrogen-bond acceptors (Lipinski definition) is 2. The Morgan fingerprint density at radius 1 is 1.33 bits per heavy atom. The van der Waals surface area contributed by atoms with Gasteiger partial charge in [0.2, 0.25) is 5.91 Å². The van der Waals surface area contributed by atoms with Crippen molar-refractivity contribution in [3.05, 3.63) is 24.0 Å². The zero-order chi connectivity index (χ0) is 13.5. The molecule has 0 aliphatic rings. The van der Waals surface area contributed by atoms with E-state index in [2.05, 4.69) is 26.1 Å². The molecule has 0 aliphatic carbocycles. The summed E-state index contributed by atoms with van der Waals surface area (Å²) in [5.41, 5.74) is 7.04. The highest BCUT2D eigenvalue weighted by Gasteiger charge is 2.10. The number of carbonyl (C=O) groups is 1. The Hall–Kier alpha value is -1.29. The van der Waals surface area contributed by atoms with Crippen molar-refractivity contribution in [1.29, 1.82) is 0 Å². The van der Waals surface area contributed by atoms with Gasteiger partial charge in [-0.15, -0.1) is 0 Å². The first kappa shape index (κ1) is 14.8. The van der Waals surface area contributed by atoms with E-state index in [0.29, 0.717) is 6.54 Å². The van der Waals surface area contributed by atoms with Crippen molar-refractivity contribution in [2.24, 2.45) is 5.73 Å². The van der Waals surface area contributed by atoms with Crippen LogP contribution in [0.25, 0.3) is 0 Å². The van der Waals surface area contributed by atoms with Gasteiger partial charge in [0.05, 0.1) is 0 Å². The van der Waals surface area contributed by atoms with Crippen molar-refractivity contribution >= 4 is 5.91 Å². The van der Waals surface area contributed by atoms with Gasteiger partial charge in [-0.25, -0.2) is 0 Å². The molecule has 0 fully saturated rings. The van der Waals surface area contributed by atoms with Crippen molar-refractivity contribution < 1.29 is 4.79 Å². The zero-order valence-corrected chi connectivity index (χ0v) is 11.6. The maximum Gasteiger partial charge on any atom is 0.240 e. The minimum absolute atomic E-state index is 0.0633. The fourth-order valence-corrected chi connectivity index (χ4v) is 1.94. The van der Waals surface area contributed by atoms with E-state index in [1.807, 2.05) is 23.0 Å². The van der Waals surface area contributed by atoms with E-state index in [-0.39, 0.29) is 18.0 Å². The Labute approximate surface area is 110 Å². The molecule has 0 aromatic carbocycles. The zero-order valence-electron chi connectivity index (χ0n) is 11.6. The van der Waals surface area contributed by atoms with E-state index in [4.69, 9.17) is 5.73 Å². The monoisotopic (exact) mass is 251 g/mol. The molecule has 1 unspecified atom stereocenters. The van der Waals surface area contributed by atoms with Crippen molar-refractivity contribution in [3.63, 3.8) is 0 Å². The molecule has 0 spiro atoms. The number of nitrogens with zero attached hydrogens (tertiary/aromatic N) is 1. The highest BCUT2D eigenvalue weighted by atomic mass is 16.2. The summed E-state index contributed by atoms with van der Waals surface area (Å²) < 4.78 is 1.89. The van der Waals surface area contributed by atoms with Crippen LogP contribution in [0.15, 0.2) is 18.5 Å². The number of nitrogens with two attached hydrogens (primary N) is 1. The molecule has 4 nitrogen and oxygen atoms in total. The second-order valence-electron chi connectivity index (χ2n) is 4.71. The molecule has 102 valence electrons. The van der Waals surface area contributed by atoms with Gasteiger partial charge in [0, 0.05) is 24.5 Å². The summed E-state index contributed by atoms with van der Waals surface area (Å²) in [6, 6.07) is 2.33. The van der Waals surface area contributed by atoms with Crippen LogP contribution in [0.2, 0.25) is 0 Å². The fraction of sp³-hybridized carbons (Fsp3) is 0.643. The van der Waals surface area contributed by atoms with E-state index < -0.39 is 0 Å². The summed E-state index contributed by atoms with van der Waals surface area (Å²) in [5, 5.41) is 3.03. The predicted octanol–water partition coefficient (Wildman–Crippen LogP) is 2.20. The van der Waals surface area contributed by atoms with Crippen molar-refractivity contribution in [3.8, 4) is 0 Å². The maximum absolute atomic E-state index is 11.8. The molecule has 3 N–H and O–H groups in total. The molecule has 0 bridgehead atoms.